The first-order chi connectivity index (χ1) is 14.5. The Morgan fingerprint density at radius 1 is 1.00 bits per heavy atom. The molecule has 3 aromatic rings. The van der Waals surface area contributed by atoms with Gasteiger partial charge in [-0.15, -0.1) is 0 Å². The van der Waals surface area contributed by atoms with Crippen molar-refractivity contribution < 1.29 is 28.9 Å². The van der Waals surface area contributed by atoms with E-state index in [-0.39, 0.29) is 18.0 Å². The van der Waals surface area contributed by atoms with E-state index >= 15 is 0 Å². The molecule has 0 fully saturated rings. The number of carbonyl (C=O) groups is 2. The van der Waals surface area contributed by atoms with Crippen LogP contribution >= 0.6 is 0 Å². The number of hydrogen-bond acceptors (Lipinski definition) is 8. The molecule has 1 amide bonds. The lowest BCUT2D eigenvalue weighted by atomic mass is 9.98. The smallest absolute Gasteiger partial charge is 0.327 e. The SMILES string of the molecule is COc1ccc(C(NC(=O)c2cnc(OC=O)nc2O)c2ccc(OC)cc2)cc1. The first-order valence-electron chi connectivity index (χ1n) is 8.80. The molecule has 0 unspecified atom stereocenters. The van der Waals surface area contributed by atoms with Crippen LogP contribution in [0, 0.1) is 0 Å². The minimum absolute atomic E-state index is 0.123. The van der Waals surface area contributed by atoms with Crippen molar-refractivity contribution in [2.45, 2.75) is 6.04 Å². The van der Waals surface area contributed by atoms with Gasteiger partial charge in [-0.1, -0.05) is 24.3 Å². The minimum Gasteiger partial charge on any atom is -0.497 e. The number of nitrogens with zero attached hydrogens (tertiary/aromatic N) is 2. The van der Waals surface area contributed by atoms with Crippen LogP contribution in [-0.2, 0) is 4.79 Å². The molecule has 0 saturated carbocycles. The number of nitrogens with one attached hydrogen (secondary N) is 1. The Balaban J connectivity index is 1.93. The van der Waals surface area contributed by atoms with Crippen LogP contribution in [0.3, 0.4) is 0 Å². The molecule has 0 atom stereocenters. The predicted molar refractivity (Wildman–Crippen MR) is 106 cm³/mol. The first-order valence-corrected chi connectivity index (χ1v) is 8.80. The van der Waals surface area contributed by atoms with Crippen LogP contribution in [0.5, 0.6) is 23.4 Å². The lowest BCUT2D eigenvalue weighted by Crippen LogP contribution is -2.29. The largest absolute Gasteiger partial charge is 0.497 e. The average molecular weight is 409 g/mol. The number of aromatic hydroxyl groups is 1. The van der Waals surface area contributed by atoms with E-state index < -0.39 is 17.8 Å². The van der Waals surface area contributed by atoms with E-state index in [2.05, 4.69) is 20.0 Å². The van der Waals surface area contributed by atoms with Gasteiger partial charge in [-0.3, -0.25) is 9.59 Å². The van der Waals surface area contributed by atoms with Gasteiger partial charge in [-0.2, -0.15) is 4.98 Å². The highest BCUT2D eigenvalue weighted by molar-refractivity contribution is 5.96. The second-order valence-electron chi connectivity index (χ2n) is 6.06. The fourth-order valence-electron chi connectivity index (χ4n) is 2.78. The quantitative estimate of drug-likeness (QED) is 0.544. The molecule has 0 aliphatic carbocycles. The maximum atomic E-state index is 12.8. The Hall–Kier alpha value is -4.14. The zero-order valence-corrected chi connectivity index (χ0v) is 16.2. The molecule has 9 heteroatoms. The van der Waals surface area contributed by atoms with E-state index in [1.54, 1.807) is 38.5 Å². The Morgan fingerprint density at radius 3 is 1.97 bits per heavy atom. The van der Waals surface area contributed by atoms with E-state index in [4.69, 9.17) is 9.47 Å². The zero-order chi connectivity index (χ0) is 21.5. The third-order valence-electron chi connectivity index (χ3n) is 4.32. The molecule has 3 rings (SSSR count). The average Bonchev–Trinajstić information content (AvgIpc) is 2.78. The Bertz CT molecular complexity index is 974. The highest BCUT2D eigenvalue weighted by Gasteiger charge is 2.21. The molecular weight excluding hydrogens is 390 g/mol. The summed E-state index contributed by atoms with van der Waals surface area (Å²) in [6, 6.07) is 13.5. The van der Waals surface area contributed by atoms with Crippen LogP contribution in [-0.4, -0.2) is 41.7 Å². The van der Waals surface area contributed by atoms with E-state index in [9.17, 15) is 14.7 Å². The maximum Gasteiger partial charge on any atom is 0.327 e. The number of hydrogen-bond donors (Lipinski definition) is 2. The molecule has 9 nitrogen and oxygen atoms in total. The molecule has 0 bridgehead atoms. The molecule has 30 heavy (non-hydrogen) atoms. The number of carbonyl (C=O) groups excluding carboxylic acids is 2. The molecule has 0 spiro atoms. The third-order valence-corrected chi connectivity index (χ3v) is 4.32. The van der Waals surface area contributed by atoms with Gasteiger partial charge in [-0.05, 0) is 35.4 Å². The van der Waals surface area contributed by atoms with Crippen LogP contribution in [0.2, 0.25) is 0 Å². The number of benzene rings is 2. The summed E-state index contributed by atoms with van der Waals surface area (Å²) in [6.45, 7) is 0.123. The summed E-state index contributed by atoms with van der Waals surface area (Å²) in [5.41, 5.74) is 1.41. The number of amides is 1. The fraction of sp³-hybridized carbons (Fsp3) is 0.143. The molecule has 1 heterocycles. The minimum atomic E-state index is -0.609. The normalized spacial score (nSPS) is 10.4. The zero-order valence-electron chi connectivity index (χ0n) is 16.2. The van der Waals surface area contributed by atoms with E-state index in [0.717, 1.165) is 17.3 Å². The summed E-state index contributed by atoms with van der Waals surface area (Å²) in [5.74, 6) is 0.134. The van der Waals surface area contributed by atoms with Crippen LogP contribution in [0.4, 0.5) is 0 Å². The van der Waals surface area contributed by atoms with Crippen LogP contribution in [0.15, 0.2) is 54.7 Å². The van der Waals surface area contributed by atoms with E-state index in [1.807, 2.05) is 24.3 Å². The summed E-state index contributed by atoms with van der Waals surface area (Å²) in [4.78, 5) is 30.5. The van der Waals surface area contributed by atoms with Gasteiger partial charge in [0.15, 0.2) is 0 Å². The van der Waals surface area contributed by atoms with Crippen molar-refractivity contribution in [3.63, 3.8) is 0 Å². The van der Waals surface area contributed by atoms with Crippen LogP contribution < -0.4 is 19.5 Å². The van der Waals surface area contributed by atoms with Gasteiger partial charge in [0.25, 0.3) is 5.91 Å². The van der Waals surface area contributed by atoms with Crippen molar-refractivity contribution in [1.29, 1.82) is 0 Å². The number of rotatable bonds is 8. The number of methoxy groups -OCH3 is 2. The summed E-state index contributed by atoms with van der Waals surface area (Å²) in [7, 11) is 3.14. The molecule has 2 N–H and O–H groups in total. The van der Waals surface area contributed by atoms with Crippen molar-refractivity contribution in [2.24, 2.45) is 0 Å². The summed E-state index contributed by atoms with van der Waals surface area (Å²) in [6.07, 6.45) is 1.08. The highest BCUT2D eigenvalue weighted by atomic mass is 16.5. The molecule has 0 radical (unpaired) electrons. The summed E-state index contributed by atoms with van der Waals surface area (Å²) >= 11 is 0. The lowest BCUT2D eigenvalue weighted by Gasteiger charge is -2.20. The third kappa shape index (κ3) is 4.64. The topological polar surface area (TPSA) is 120 Å². The Morgan fingerprint density at radius 2 is 1.53 bits per heavy atom. The molecule has 0 saturated heterocycles. The van der Waals surface area contributed by atoms with Crippen molar-refractivity contribution in [1.82, 2.24) is 15.3 Å². The standard InChI is InChI=1S/C21H19N3O6/c1-28-15-7-3-13(4-8-15)18(14-5-9-16(29-2)10-6-14)23-19(26)17-11-22-21(30-12-25)24-20(17)27/h3-12,18H,1-2H3,(H,23,26)(H,22,24,27). The molecule has 1 aromatic heterocycles. The molecule has 0 aliphatic heterocycles. The Labute approximate surface area is 172 Å². The van der Waals surface area contributed by atoms with Gasteiger partial charge < -0.3 is 24.6 Å². The van der Waals surface area contributed by atoms with Crippen LogP contribution in [0.25, 0.3) is 0 Å². The van der Waals surface area contributed by atoms with Gasteiger partial charge in [0.1, 0.15) is 17.1 Å². The lowest BCUT2D eigenvalue weighted by molar-refractivity contribution is -0.121. The molecule has 154 valence electrons. The van der Waals surface area contributed by atoms with Gasteiger partial charge in [-0.25, -0.2) is 4.98 Å². The van der Waals surface area contributed by atoms with Gasteiger partial charge in [0.2, 0.25) is 5.88 Å². The molecule has 0 aliphatic rings. The van der Waals surface area contributed by atoms with Gasteiger partial charge in [0.05, 0.1) is 26.5 Å². The van der Waals surface area contributed by atoms with Gasteiger partial charge >= 0.3 is 12.5 Å². The maximum absolute atomic E-state index is 12.8. The second kappa shape index (κ2) is 9.37. The van der Waals surface area contributed by atoms with Crippen molar-refractivity contribution in [2.75, 3.05) is 14.2 Å². The van der Waals surface area contributed by atoms with Crippen molar-refractivity contribution in [3.05, 3.63) is 71.4 Å². The van der Waals surface area contributed by atoms with E-state index in [1.165, 1.54) is 0 Å². The molecular formula is C21H19N3O6. The summed E-state index contributed by atoms with van der Waals surface area (Å²) in [5, 5.41) is 12.9. The monoisotopic (exact) mass is 409 g/mol. The Kier molecular flexibility index (Phi) is 6.43. The van der Waals surface area contributed by atoms with Crippen molar-refractivity contribution >= 4 is 12.4 Å². The highest BCUT2D eigenvalue weighted by Crippen LogP contribution is 2.27. The van der Waals surface area contributed by atoms with Crippen LogP contribution in [0.1, 0.15) is 27.5 Å². The number of ether oxygens (including phenoxy) is 3. The molecule has 2 aromatic carbocycles. The van der Waals surface area contributed by atoms with E-state index in [0.29, 0.717) is 11.5 Å². The number of aromatic nitrogens is 2. The first kappa shape index (κ1) is 20.6. The second-order valence-corrected chi connectivity index (χ2v) is 6.06. The van der Waals surface area contributed by atoms with Gasteiger partial charge in [0, 0.05) is 0 Å². The predicted octanol–water partition coefficient (Wildman–Crippen LogP) is 2.25. The van der Waals surface area contributed by atoms with Crippen molar-refractivity contribution in [3.8, 4) is 23.4 Å². The summed E-state index contributed by atoms with van der Waals surface area (Å²) < 4.78 is 14.9. The fourth-order valence-corrected chi connectivity index (χ4v) is 2.78.